The lowest BCUT2D eigenvalue weighted by Gasteiger charge is -2.28. The van der Waals surface area contributed by atoms with Crippen LogP contribution >= 0.6 is 11.3 Å². The SMILES string of the molecule is CC(C)NCc1csc(C2Cc3ccccc32)n1. The molecule has 1 atom stereocenters. The molecule has 0 radical (unpaired) electrons. The van der Waals surface area contributed by atoms with E-state index in [1.807, 2.05) is 0 Å². The number of benzene rings is 1. The van der Waals surface area contributed by atoms with Gasteiger partial charge in [-0.15, -0.1) is 11.3 Å². The van der Waals surface area contributed by atoms with Gasteiger partial charge in [-0.1, -0.05) is 38.1 Å². The van der Waals surface area contributed by atoms with E-state index in [0.29, 0.717) is 12.0 Å². The Morgan fingerprint density at radius 2 is 2.22 bits per heavy atom. The minimum atomic E-state index is 0.513. The van der Waals surface area contributed by atoms with Crippen molar-refractivity contribution in [2.45, 2.75) is 38.8 Å². The van der Waals surface area contributed by atoms with Crippen LogP contribution < -0.4 is 5.32 Å². The topological polar surface area (TPSA) is 24.9 Å². The van der Waals surface area contributed by atoms with Crippen molar-refractivity contribution in [3.63, 3.8) is 0 Å². The van der Waals surface area contributed by atoms with Gasteiger partial charge in [-0.2, -0.15) is 0 Å². The van der Waals surface area contributed by atoms with Crippen LogP contribution in [0, 0.1) is 0 Å². The van der Waals surface area contributed by atoms with Crippen LogP contribution in [0.15, 0.2) is 29.6 Å². The number of hydrogen-bond donors (Lipinski definition) is 1. The number of nitrogens with one attached hydrogen (secondary N) is 1. The highest BCUT2D eigenvalue weighted by Gasteiger charge is 2.29. The van der Waals surface area contributed by atoms with Crippen LogP contribution in [0.2, 0.25) is 0 Å². The van der Waals surface area contributed by atoms with Crippen LogP contribution in [0.5, 0.6) is 0 Å². The number of nitrogens with zero attached hydrogens (tertiary/aromatic N) is 1. The van der Waals surface area contributed by atoms with Gasteiger partial charge in [-0.25, -0.2) is 4.98 Å². The van der Waals surface area contributed by atoms with E-state index in [2.05, 4.69) is 48.8 Å². The van der Waals surface area contributed by atoms with Crippen LogP contribution in [0.4, 0.5) is 0 Å². The molecule has 0 saturated heterocycles. The van der Waals surface area contributed by atoms with Gasteiger partial charge in [0, 0.05) is 23.9 Å². The third kappa shape index (κ3) is 2.20. The average Bonchev–Trinajstić information content (AvgIpc) is 2.77. The Balaban J connectivity index is 1.72. The van der Waals surface area contributed by atoms with Crippen molar-refractivity contribution in [3.05, 3.63) is 51.5 Å². The molecule has 2 aromatic rings. The largest absolute Gasteiger partial charge is 0.309 e. The second kappa shape index (κ2) is 4.82. The number of fused-ring (bicyclic) bond motifs is 1. The van der Waals surface area contributed by atoms with Gasteiger partial charge in [0.2, 0.25) is 0 Å². The molecular formula is C15H18N2S. The zero-order valence-electron chi connectivity index (χ0n) is 10.8. The van der Waals surface area contributed by atoms with Crippen molar-refractivity contribution in [2.75, 3.05) is 0 Å². The summed E-state index contributed by atoms with van der Waals surface area (Å²) >= 11 is 1.80. The van der Waals surface area contributed by atoms with Gasteiger partial charge >= 0.3 is 0 Å². The summed E-state index contributed by atoms with van der Waals surface area (Å²) in [5, 5.41) is 6.87. The molecule has 1 aromatic heterocycles. The summed E-state index contributed by atoms with van der Waals surface area (Å²) < 4.78 is 0. The zero-order chi connectivity index (χ0) is 12.5. The summed E-state index contributed by atoms with van der Waals surface area (Å²) in [4.78, 5) is 4.76. The molecule has 94 valence electrons. The van der Waals surface area contributed by atoms with Gasteiger partial charge < -0.3 is 5.32 Å². The number of thiazole rings is 1. The zero-order valence-corrected chi connectivity index (χ0v) is 11.6. The van der Waals surface area contributed by atoms with E-state index in [4.69, 9.17) is 4.98 Å². The molecule has 1 aliphatic rings. The summed E-state index contributed by atoms with van der Waals surface area (Å²) in [6.45, 7) is 5.20. The van der Waals surface area contributed by atoms with Gasteiger partial charge in [-0.05, 0) is 17.5 Å². The summed E-state index contributed by atoms with van der Waals surface area (Å²) in [5.74, 6) is 0.541. The molecule has 0 saturated carbocycles. The van der Waals surface area contributed by atoms with Gasteiger partial charge in [0.15, 0.2) is 0 Å². The minimum Gasteiger partial charge on any atom is -0.309 e. The van der Waals surface area contributed by atoms with Crippen LogP contribution in [0.25, 0.3) is 0 Å². The molecule has 2 nitrogen and oxygen atoms in total. The molecule has 1 aliphatic carbocycles. The van der Waals surface area contributed by atoms with E-state index in [9.17, 15) is 0 Å². The monoisotopic (exact) mass is 258 g/mol. The smallest absolute Gasteiger partial charge is 0.101 e. The van der Waals surface area contributed by atoms with Crippen LogP contribution in [-0.2, 0) is 13.0 Å². The highest BCUT2D eigenvalue weighted by atomic mass is 32.1. The van der Waals surface area contributed by atoms with Crippen molar-refractivity contribution in [3.8, 4) is 0 Å². The van der Waals surface area contributed by atoms with Gasteiger partial charge in [0.05, 0.1) is 5.69 Å². The molecule has 0 amide bonds. The van der Waals surface area contributed by atoms with Crippen molar-refractivity contribution in [1.29, 1.82) is 0 Å². The third-order valence-electron chi connectivity index (χ3n) is 3.41. The Morgan fingerprint density at radius 1 is 1.39 bits per heavy atom. The minimum absolute atomic E-state index is 0.513. The maximum Gasteiger partial charge on any atom is 0.101 e. The van der Waals surface area contributed by atoms with Gasteiger partial charge in [0.1, 0.15) is 5.01 Å². The Hall–Kier alpha value is -1.19. The Morgan fingerprint density at radius 3 is 3.00 bits per heavy atom. The number of aromatic nitrogens is 1. The predicted molar refractivity (Wildman–Crippen MR) is 76.1 cm³/mol. The second-order valence-corrected chi connectivity index (χ2v) is 6.06. The summed E-state index contributed by atoms with van der Waals surface area (Å²) in [5.41, 5.74) is 4.13. The fraction of sp³-hybridized carbons (Fsp3) is 0.400. The van der Waals surface area contributed by atoms with Crippen LogP contribution in [-0.4, -0.2) is 11.0 Å². The normalized spacial score (nSPS) is 17.6. The van der Waals surface area contributed by atoms with E-state index in [-0.39, 0.29) is 0 Å². The maximum absolute atomic E-state index is 4.76. The van der Waals surface area contributed by atoms with Crippen molar-refractivity contribution in [1.82, 2.24) is 10.3 Å². The molecule has 1 aromatic carbocycles. The third-order valence-corrected chi connectivity index (χ3v) is 4.42. The molecule has 1 N–H and O–H groups in total. The van der Waals surface area contributed by atoms with E-state index in [0.717, 1.165) is 13.0 Å². The molecule has 0 aliphatic heterocycles. The predicted octanol–water partition coefficient (Wildman–Crippen LogP) is 3.33. The Labute approximate surface area is 112 Å². The Bertz CT molecular complexity index is 545. The van der Waals surface area contributed by atoms with Crippen molar-refractivity contribution >= 4 is 11.3 Å². The molecule has 3 heteroatoms. The molecule has 18 heavy (non-hydrogen) atoms. The lowest BCUT2D eigenvalue weighted by atomic mass is 9.78. The van der Waals surface area contributed by atoms with E-state index in [1.54, 1.807) is 11.3 Å². The summed E-state index contributed by atoms with van der Waals surface area (Å²) in [6.07, 6.45) is 1.15. The first-order valence-corrected chi connectivity index (χ1v) is 7.37. The Kier molecular flexibility index (Phi) is 3.18. The highest BCUT2D eigenvalue weighted by Crippen LogP contribution is 2.40. The van der Waals surface area contributed by atoms with Crippen LogP contribution in [0.3, 0.4) is 0 Å². The standard InChI is InChI=1S/C15H18N2S/c1-10(2)16-8-12-9-18-15(17-12)14-7-11-5-3-4-6-13(11)14/h3-6,9-10,14,16H,7-8H2,1-2H3. The number of rotatable bonds is 4. The molecule has 0 fully saturated rings. The highest BCUT2D eigenvalue weighted by molar-refractivity contribution is 7.09. The first kappa shape index (κ1) is 11.9. The maximum atomic E-state index is 4.76. The van der Waals surface area contributed by atoms with Crippen molar-refractivity contribution in [2.24, 2.45) is 0 Å². The molecule has 1 unspecified atom stereocenters. The van der Waals surface area contributed by atoms with E-state index >= 15 is 0 Å². The first-order valence-electron chi connectivity index (χ1n) is 6.49. The molecular weight excluding hydrogens is 240 g/mol. The fourth-order valence-corrected chi connectivity index (χ4v) is 3.29. The summed E-state index contributed by atoms with van der Waals surface area (Å²) in [7, 11) is 0. The average molecular weight is 258 g/mol. The fourth-order valence-electron chi connectivity index (χ4n) is 2.35. The van der Waals surface area contributed by atoms with Crippen molar-refractivity contribution < 1.29 is 0 Å². The summed E-state index contributed by atoms with van der Waals surface area (Å²) in [6, 6.07) is 9.21. The second-order valence-electron chi connectivity index (χ2n) is 5.17. The molecule has 1 heterocycles. The first-order chi connectivity index (χ1) is 8.74. The van der Waals surface area contributed by atoms with Crippen LogP contribution in [0.1, 0.15) is 41.6 Å². The van der Waals surface area contributed by atoms with Gasteiger partial charge in [0.25, 0.3) is 0 Å². The molecule has 3 rings (SSSR count). The molecule has 0 bridgehead atoms. The van der Waals surface area contributed by atoms with E-state index in [1.165, 1.54) is 21.8 Å². The quantitative estimate of drug-likeness (QED) is 0.910. The van der Waals surface area contributed by atoms with E-state index < -0.39 is 0 Å². The molecule has 0 spiro atoms. The lowest BCUT2D eigenvalue weighted by Crippen LogP contribution is -2.22. The van der Waals surface area contributed by atoms with Gasteiger partial charge in [-0.3, -0.25) is 0 Å². The lowest BCUT2D eigenvalue weighted by molar-refractivity contribution is 0.580. The number of hydrogen-bond acceptors (Lipinski definition) is 3.